The quantitative estimate of drug-likeness (QED) is 0.927. The highest BCUT2D eigenvalue weighted by atomic mass is 16.5. The van der Waals surface area contributed by atoms with Gasteiger partial charge in [-0.05, 0) is 37.6 Å². The molecule has 2 rings (SSSR count). The lowest BCUT2D eigenvalue weighted by atomic mass is 10.0. The van der Waals surface area contributed by atoms with Crippen LogP contribution in [0.4, 0.5) is 5.82 Å². The molecule has 4 heteroatoms. The molecule has 0 aliphatic carbocycles. The van der Waals surface area contributed by atoms with Crippen molar-refractivity contribution >= 4 is 5.82 Å². The van der Waals surface area contributed by atoms with Crippen molar-refractivity contribution < 1.29 is 4.74 Å². The largest absolute Gasteiger partial charge is 0.496 e. The maximum atomic E-state index is 9.13. The molecular weight excluding hydrogens is 250 g/mol. The second-order valence-corrected chi connectivity index (χ2v) is 4.62. The number of nitrogens with zero attached hydrogens (tertiary/aromatic N) is 2. The summed E-state index contributed by atoms with van der Waals surface area (Å²) in [6.07, 6.45) is 0. The molecule has 0 aliphatic heterocycles. The molecule has 1 aromatic carbocycles. The Balaban J connectivity index is 2.70. The molecule has 102 valence electrons. The zero-order chi connectivity index (χ0) is 14.7. The van der Waals surface area contributed by atoms with Crippen LogP contribution in [0.1, 0.15) is 16.7 Å². The predicted octanol–water partition coefficient (Wildman–Crippen LogP) is 3.29. The number of anilines is 1. The SMILES string of the molecule is CNc1nc(-c2cc(C)ccc2OC)c(C)cc1C#N. The lowest BCUT2D eigenvalue weighted by molar-refractivity contribution is 0.416. The van der Waals surface area contributed by atoms with Crippen LogP contribution in [0.5, 0.6) is 5.75 Å². The van der Waals surface area contributed by atoms with Crippen LogP contribution in [0.15, 0.2) is 24.3 Å². The van der Waals surface area contributed by atoms with Crippen LogP contribution in [0.25, 0.3) is 11.3 Å². The van der Waals surface area contributed by atoms with E-state index in [1.54, 1.807) is 14.2 Å². The number of nitriles is 1. The molecule has 0 aliphatic rings. The first-order valence-electron chi connectivity index (χ1n) is 6.35. The highest BCUT2D eigenvalue weighted by Gasteiger charge is 2.14. The van der Waals surface area contributed by atoms with Crippen molar-refractivity contribution in [3.05, 3.63) is 41.0 Å². The van der Waals surface area contributed by atoms with E-state index in [1.807, 2.05) is 38.1 Å². The normalized spacial score (nSPS) is 9.95. The molecule has 20 heavy (non-hydrogen) atoms. The van der Waals surface area contributed by atoms with Gasteiger partial charge in [0.15, 0.2) is 0 Å². The van der Waals surface area contributed by atoms with Crippen LogP contribution in [0.3, 0.4) is 0 Å². The molecule has 0 saturated carbocycles. The third-order valence-corrected chi connectivity index (χ3v) is 3.18. The number of nitrogens with one attached hydrogen (secondary N) is 1. The minimum atomic E-state index is 0.542. The van der Waals surface area contributed by atoms with Gasteiger partial charge in [0.25, 0.3) is 0 Å². The van der Waals surface area contributed by atoms with Crippen LogP contribution in [-0.4, -0.2) is 19.1 Å². The number of methoxy groups -OCH3 is 1. The van der Waals surface area contributed by atoms with Crippen LogP contribution in [0.2, 0.25) is 0 Å². The minimum Gasteiger partial charge on any atom is -0.496 e. The third kappa shape index (κ3) is 2.43. The zero-order valence-corrected chi connectivity index (χ0v) is 12.1. The monoisotopic (exact) mass is 267 g/mol. The lowest BCUT2D eigenvalue weighted by Gasteiger charge is -2.13. The molecule has 0 atom stereocenters. The molecular formula is C16H17N3O. The number of ether oxygens (including phenoxy) is 1. The van der Waals surface area contributed by atoms with Gasteiger partial charge in [-0.1, -0.05) is 11.6 Å². The Hall–Kier alpha value is -2.54. The smallest absolute Gasteiger partial charge is 0.144 e. The molecule has 0 unspecified atom stereocenters. The van der Waals surface area contributed by atoms with Gasteiger partial charge in [0.2, 0.25) is 0 Å². The van der Waals surface area contributed by atoms with Crippen molar-refractivity contribution in [2.45, 2.75) is 13.8 Å². The van der Waals surface area contributed by atoms with Crippen LogP contribution >= 0.6 is 0 Å². The van der Waals surface area contributed by atoms with Crippen molar-refractivity contribution in [2.24, 2.45) is 0 Å². The molecule has 0 fully saturated rings. The average molecular weight is 267 g/mol. The van der Waals surface area contributed by atoms with Gasteiger partial charge in [-0.25, -0.2) is 4.98 Å². The molecule has 0 bridgehead atoms. The van der Waals surface area contributed by atoms with Gasteiger partial charge in [-0.3, -0.25) is 0 Å². The molecule has 1 aromatic heterocycles. The molecule has 0 spiro atoms. The fourth-order valence-corrected chi connectivity index (χ4v) is 2.17. The van der Waals surface area contributed by atoms with E-state index in [1.165, 1.54) is 0 Å². The summed E-state index contributed by atoms with van der Waals surface area (Å²) < 4.78 is 5.41. The summed E-state index contributed by atoms with van der Waals surface area (Å²) in [7, 11) is 3.40. The standard InChI is InChI=1S/C16H17N3O/c1-10-5-6-14(20-4)13(7-10)15-11(2)8-12(9-17)16(18-3)19-15/h5-8H,1-4H3,(H,18,19). The summed E-state index contributed by atoms with van der Waals surface area (Å²) in [5, 5.41) is 12.1. The van der Waals surface area contributed by atoms with Gasteiger partial charge in [0, 0.05) is 12.6 Å². The van der Waals surface area contributed by atoms with Crippen LogP contribution in [-0.2, 0) is 0 Å². The second-order valence-electron chi connectivity index (χ2n) is 4.62. The van der Waals surface area contributed by atoms with Gasteiger partial charge in [-0.2, -0.15) is 5.26 Å². The number of aromatic nitrogens is 1. The Morgan fingerprint density at radius 2 is 2.00 bits per heavy atom. The van der Waals surface area contributed by atoms with E-state index in [0.717, 1.165) is 28.1 Å². The van der Waals surface area contributed by atoms with Gasteiger partial charge < -0.3 is 10.1 Å². The first kappa shape index (κ1) is 13.9. The van der Waals surface area contributed by atoms with E-state index in [4.69, 9.17) is 10.00 Å². The summed E-state index contributed by atoms with van der Waals surface area (Å²) in [6.45, 7) is 3.98. The van der Waals surface area contributed by atoms with Crippen molar-refractivity contribution in [3.63, 3.8) is 0 Å². The fourth-order valence-electron chi connectivity index (χ4n) is 2.17. The van der Waals surface area contributed by atoms with E-state index in [0.29, 0.717) is 11.4 Å². The first-order valence-corrected chi connectivity index (χ1v) is 6.35. The van der Waals surface area contributed by atoms with E-state index in [2.05, 4.69) is 16.4 Å². The second kappa shape index (κ2) is 5.62. The number of hydrogen-bond acceptors (Lipinski definition) is 4. The highest BCUT2D eigenvalue weighted by Crippen LogP contribution is 2.33. The summed E-state index contributed by atoms with van der Waals surface area (Å²) in [4.78, 5) is 4.57. The fraction of sp³-hybridized carbons (Fsp3) is 0.250. The molecule has 4 nitrogen and oxygen atoms in total. The first-order chi connectivity index (χ1) is 9.60. The van der Waals surface area contributed by atoms with Crippen molar-refractivity contribution in [1.29, 1.82) is 5.26 Å². The summed E-state index contributed by atoms with van der Waals surface area (Å²) >= 11 is 0. The van der Waals surface area contributed by atoms with E-state index < -0.39 is 0 Å². The molecule has 2 aromatic rings. The number of pyridine rings is 1. The summed E-state index contributed by atoms with van der Waals surface area (Å²) in [6, 6.07) is 9.97. The maximum Gasteiger partial charge on any atom is 0.144 e. The zero-order valence-electron chi connectivity index (χ0n) is 12.1. The topological polar surface area (TPSA) is 57.9 Å². The molecule has 0 amide bonds. The molecule has 0 saturated heterocycles. The van der Waals surface area contributed by atoms with Gasteiger partial charge >= 0.3 is 0 Å². The number of aryl methyl sites for hydroxylation is 2. The summed E-state index contributed by atoms with van der Waals surface area (Å²) in [5.74, 6) is 1.36. The minimum absolute atomic E-state index is 0.542. The van der Waals surface area contributed by atoms with Gasteiger partial charge in [0.05, 0.1) is 18.4 Å². The Morgan fingerprint density at radius 3 is 2.60 bits per heavy atom. The number of rotatable bonds is 3. The number of benzene rings is 1. The van der Waals surface area contributed by atoms with Gasteiger partial charge in [0.1, 0.15) is 17.6 Å². The maximum absolute atomic E-state index is 9.13. The lowest BCUT2D eigenvalue weighted by Crippen LogP contribution is -2.01. The van der Waals surface area contributed by atoms with E-state index in [-0.39, 0.29) is 0 Å². The van der Waals surface area contributed by atoms with E-state index >= 15 is 0 Å². The Labute approximate surface area is 119 Å². The van der Waals surface area contributed by atoms with Gasteiger partial charge in [-0.15, -0.1) is 0 Å². The molecule has 1 N–H and O–H groups in total. The summed E-state index contributed by atoms with van der Waals surface area (Å²) in [5.41, 5.74) is 4.39. The van der Waals surface area contributed by atoms with E-state index in [9.17, 15) is 0 Å². The van der Waals surface area contributed by atoms with Crippen molar-refractivity contribution in [1.82, 2.24) is 4.98 Å². The Kier molecular flexibility index (Phi) is 3.90. The highest BCUT2D eigenvalue weighted by molar-refractivity contribution is 5.73. The van der Waals surface area contributed by atoms with Crippen molar-refractivity contribution in [2.75, 3.05) is 19.5 Å². The predicted molar refractivity (Wildman–Crippen MR) is 80.0 cm³/mol. The Morgan fingerprint density at radius 1 is 1.25 bits per heavy atom. The number of hydrogen-bond donors (Lipinski definition) is 1. The Bertz CT molecular complexity index is 687. The van der Waals surface area contributed by atoms with Crippen LogP contribution < -0.4 is 10.1 Å². The third-order valence-electron chi connectivity index (χ3n) is 3.18. The average Bonchev–Trinajstić information content (AvgIpc) is 2.46. The molecule has 0 radical (unpaired) electrons. The van der Waals surface area contributed by atoms with Crippen LogP contribution in [0, 0.1) is 25.2 Å². The molecule has 1 heterocycles. The van der Waals surface area contributed by atoms with Crippen molar-refractivity contribution in [3.8, 4) is 23.1 Å².